The van der Waals surface area contributed by atoms with Crippen molar-refractivity contribution in [2.45, 2.75) is 6.92 Å². The van der Waals surface area contributed by atoms with Crippen LogP contribution in [0.2, 0.25) is 0 Å². The van der Waals surface area contributed by atoms with Crippen LogP contribution in [0.5, 0.6) is 5.75 Å². The SMILES string of the molecule is C/C(=C1/SC(=O)N(c2ccc(O)cc2)C1=O)c1ccc(F)cc1. The predicted octanol–water partition coefficient (Wildman–Crippen LogP) is 4.16. The van der Waals surface area contributed by atoms with Crippen molar-refractivity contribution in [1.29, 1.82) is 0 Å². The maximum absolute atomic E-state index is 13.0. The predicted molar refractivity (Wildman–Crippen MR) is 87.6 cm³/mol. The molecule has 2 aromatic rings. The van der Waals surface area contributed by atoms with E-state index in [9.17, 15) is 19.1 Å². The first-order valence-electron chi connectivity index (χ1n) is 6.79. The molecule has 1 aliphatic rings. The van der Waals surface area contributed by atoms with E-state index in [1.807, 2.05) is 0 Å². The number of phenols is 1. The fourth-order valence-corrected chi connectivity index (χ4v) is 3.16. The van der Waals surface area contributed by atoms with Crippen molar-refractivity contribution < 1.29 is 19.1 Å². The van der Waals surface area contributed by atoms with Crippen LogP contribution in [0.3, 0.4) is 0 Å². The minimum absolute atomic E-state index is 0.0544. The molecule has 0 aromatic heterocycles. The number of benzene rings is 2. The normalized spacial score (nSPS) is 16.9. The van der Waals surface area contributed by atoms with E-state index in [-0.39, 0.29) is 11.6 Å². The summed E-state index contributed by atoms with van der Waals surface area (Å²) in [6.45, 7) is 1.72. The van der Waals surface area contributed by atoms with E-state index in [2.05, 4.69) is 0 Å². The highest BCUT2D eigenvalue weighted by atomic mass is 32.2. The molecule has 0 atom stereocenters. The number of phenolic OH excluding ortho intramolecular Hbond substituents is 1. The first-order valence-corrected chi connectivity index (χ1v) is 7.61. The van der Waals surface area contributed by atoms with Gasteiger partial charge in [-0.1, -0.05) is 12.1 Å². The molecular weight excluding hydrogens is 317 g/mol. The summed E-state index contributed by atoms with van der Waals surface area (Å²) in [5, 5.41) is 8.90. The lowest BCUT2D eigenvalue weighted by molar-refractivity contribution is -0.113. The average Bonchev–Trinajstić information content (AvgIpc) is 2.83. The van der Waals surface area contributed by atoms with Crippen LogP contribution >= 0.6 is 11.8 Å². The molecule has 2 aromatic carbocycles. The zero-order valence-corrected chi connectivity index (χ0v) is 12.9. The molecule has 4 nitrogen and oxygen atoms in total. The van der Waals surface area contributed by atoms with Gasteiger partial charge in [-0.2, -0.15) is 0 Å². The summed E-state index contributed by atoms with van der Waals surface area (Å²) in [5.74, 6) is -0.731. The van der Waals surface area contributed by atoms with Gasteiger partial charge in [0.2, 0.25) is 0 Å². The number of thioether (sulfide) groups is 1. The van der Waals surface area contributed by atoms with Crippen LogP contribution in [0.4, 0.5) is 14.9 Å². The largest absolute Gasteiger partial charge is 0.508 e. The van der Waals surface area contributed by atoms with Gasteiger partial charge >= 0.3 is 0 Å². The van der Waals surface area contributed by atoms with Crippen LogP contribution in [-0.4, -0.2) is 16.3 Å². The average molecular weight is 329 g/mol. The number of carbonyl (C=O) groups excluding carboxylic acids is 2. The molecule has 0 saturated carbocycles. The summed E-state index contributed by atoms with van der Waals surface area (Å²) in [5.41, 5.74) is 1.70. The van der Waals surface area contributed by atoms with E-state index in [0.717, 1.165) is 16.7 Å². The van der Waals surface area contributed by atoms with Crippen molar-refractivity contribution >= 4 is 34.2 Å². The molecule has 0 aliphatic carbocycles. The van der Waals surface area contributed by atoms with Gasteiger partial charge in [0.25, 0.3) is 11.1 Å². The van der Waals surface area contributed by atoms with Gasteiger partial charge in [0.15, 0.2) is 0 Å². The van der Waals surface area contributed by atoms with Crippen LogP contribution in [0.25, 0.3) is 5.57 Å². The third-order valence-corrected chi connectivity index (χ3v) is 4.54. The molecule has 6 heteroatoms. The second-order valence-electron chi connectivity index (χ2n) is 4.99. The van der Waals surface area contributed by atoms with E-state index in [0.29, 0.717) is 21.7 Å². The summed E-state index contributed by atoms with van der Waals surface area (Å²) in [4.78, 5) is 26.1. The fraction of sp³-hybridized carbons (Fsp3) is 0.0588. The number of hydrogen-bond acceptors (Lipinski definition) is 4. The van der Waals surface area contributed by atoms with E-state index >= 15 is 0 Å². The van der Waals surface area contributed by atoms with E-state index < -0.39 is 11.1 Å². The number of nitrogens with zero attached hydrogens (tertiary/aromatic N) is 1. The Balaban J connectivity index is 1.98. The van der Waals surface area contributed by atoms with Gasteiger partial charge in [-0.15, -0.1) is 0 Å². The topological polar surface area (TPSA) is 57.6 Å². The van der Waals surface area contributed by atoms with Crippen LogP contribution in [-0.2, 0) is 4.79 Å². The third-order valence-electron chi connectivity index (χ3n) is 3.50. The van der Waals surface area contributed by atoms with Crippen LogP contribution in [0, 0.1) is 5.82 Å². The summed E-state index contributed by atoms with van der Waals surface area (Å²) in [6.07, 6.45) is 0. The van der Waals surface area contributed by atoms with Gasteiger partial charge < -0.3 is 5.11 Å². The number of carbonyl (C=O) groups is 2. The van der Waals surface area contributed by atoms with Gasteiger partial charge in [-0.05, 0) is 66.2 Å². The third kappa shape index (κ3) is 2.85. The molecule has 1 saturated heterocycles. The summed E-state index contributed by atoms with van der Waals surface area (Å²) >= 11 is 0.849. The van der Waals surface area contributed by atoms with E-state index in [1.165, 1.54) is 36.4 Å². The Morgan fingerprint density at radius 1 is 1.04 bits per heavy atom. The van der Waals surface area contributed by atoms with Crippen molar-refractivity contribution in [2.75, 3.05) is 4.90 Å². The van der Waals surface area contributed by atoms with Gasteiger partial charge in [-0.3, -0.25) is 9.59 Å². The second-order valence-corrected chi connectivity index (χ2v) is 5.95. The molecule has 1 heterocycles. The van der Waals surface area contributed by atoms with Crippen molar-refractivity contribution in [2.24, 2.45) is 0 Å². The zero-order chi connectivity index (χ0) is 16.6. The number of allylic oxidation sites excluding steroid dienone is 1. The summed E-state index contributed by atoms with van der Waals surface area (Å²) < 4.78 is 13.0. The van der Waals surface area contributed by atoms with Crippen LogP contribution in [0.15, 0.2) is 53.4 Å². The molecule has 0 unspecified atom stereocenters. The van der Waals surface area contributed by atoms with Gasteiger partial charge in [0, 0.05) is 0 Å². The Bertz CT molecular complexity index is 813. The molecule has 3 rings (SSSR count). The molecular formula is C17H12FNO3S. The molecule has 1 N–H and O–H groups in total. The number of aromatic hydroxyl groups is 1. The number of hydrogen-bond donors (Lipinski definition) is 1. The van der Waals surface area contributed by atoms with Gasteiger partial charge in [0.1, 0.15) is 11.6 Å². The molecule has 1 aliphatic heterocycles. The Hall–Kier alpha value is -2.60. The summed E-state index contributed by atoms with van der Waals surface area (Å²) in [6, 6.07) is 11.6. The Morgan fingerprint density at radius 3 is 2.26 bits per heavy atom. The number of rotatable bonds is 2. The standard InChI is InChI=1S/C17H12FNO3S/c1-10(11-2-4-12(18)5-3-11)15-16(21)19(17(22)23-15)13-6-8-14(20)9-7-13/h2-9,20H,1H3/b15-10-. The fourth-order valence-electron chi connectivity index (χ4n) is 2.25. The zero-order valence-electron chi connectivity index (χ0n) is 12.1. The monoisotopic (exact) mass is 329 g/mol. The molecule has 23 heavy (non-hydrogen) atoms. The number of amides is 2. The molecule has 0 bridgehead atoms. The molecule has 116 valence electrons. The molecule has 1 fully saturated rings. The first kappa shape index (κ1) is 15.3. The Kier molecular flexibility index (Phi) is 3.92. The highest BCUT2D eigenvalue weighted by Crippen LogP contribution is 2.39. The minimum atomic E-state index is -0.424. The number of imide groups is 1. The van der Waals surface area contributed by atoms with Crippen molar-refractivity contribution in [3.63, 3.8) is 0 Å². The molecule has 0 spiro atoms. The van der Waals surface area contributed by atoms with E-state index in [1.54, 1.807) is 19.1 Å². The number of anilines is 1. The minimum Gasteiger partial charge on any atom is -0.508 e. The second kappa shape index (κ2) is 5.89. The lowest BCUT2D eigenvalue weighted by Gasteiger charge is -2.12. The summed E-state index contributed by atoms with van der Waals surface area (Å²) in [7, 11) is 0. The lowest BCUT2D eigenvalue weighted by atomic mass is 10.1. The number of halogens is 1. The Morgan fingerprint density at radius 2 is 1.65 bits per heavy atom. The van der Waals surface area contributed by atoms with Crippen molar-refractivity contribution in [3.05, 3.63) is 64.8 Å². The smallest absolute Gasteiger partial charge is 0.298 e. The lowest BCUT2D eigenvalue weighted by Crippen LogP contribution is -2.27. The highest BCUT2D eigenvalue weighted by Gasteiger charge is 2.37. The van der Waals surface area contributed by atoms with Crippen molar-refractivity contribution in [3.8, 4) is 5.75 Å². The molecule has 0 radical (unpaired) electrons. The van der Waals surface area contributed by atoms with Crippen molar-refractivity contribution in [1.82, 2.24) is 0 Å². The van der Waals surface area contributed by atoms with Crippen LogP contribution in [0.1, 0.15) is 12.5 Å². The van der Waals surface area contributed by atoms with Gasteiger partial charge in [0.05, 0.1) is 10.6 Å². The maximum Gasteiger partial charge on any atom is 0.298 e. The van der Waals surface area contributed by atoms with Gasteiger partial charge in [-0.25, -0.2) is 9.29 Å². The maximum atomic E-state index is 13.0. The quantitative estimate of drug-likeness (QED) is 0.841. The van der Waals surface area contributed by atoms with E-state index in [4.69, 9.17) is 0 Å². The van der Waals surface area contributed by atoms with Crippen LogP contribution < -0.4 is 4.90 Å². The molecule has 2 amide bonds. The Labute approximate surface area is 136 Å². The first-order chi connectivity index (χ1) is 11.0. The highest BCUT2D eigenvalue weighted by molar-refractivity contribution is 8.19.